The van der Waals surface area contributed by atoms with Crippen LogP contribution in [0, 0.1) is 5.41 Å². The van der Waals surface area contributed by atoms with Crippen molar-refractivity contribution in [2.24, 2.45) is 5.41 Å². The predicted octanol–water partition coefficient (Wildman–Crippen LogP) is 1.69. The molecule has 0 saturated heterocycles. The van der Waals surface area contributed by atoms with Crippen LogP contribution in [-0.4, -0.2) is 48.7 Å². The van der Waals surface area contributed by atoms with Gasteiger partial charge in [0, 0.05) is 25.1 Å². The Kier molecular flexibility index (Phi) is 7.91. The molecule has 0 aromatic heterocycles. The Labute approximate surface area is 117 Å². The molecule has 0 aromatic rings. The van der Waals surface area contributed by atoms with E-state index in [4.69, 9.17) is 4.74 Å². The molecule has 0 amide bonds. The smallest absolute Gasteiger partial charge is 0.0897 e. The van der Waals surface area contributed by atoms with Crippen LogP contribution in [-0.2, 0) is 4.74 Å². The molecule has 114 valence electrons. The topological polar surface area (TPSA) is 61.7 Å². The van der Waals surface area contributed by atoms with E-state index in [0.29, 0.717) is 19.3 Å². The van der Waals surface area contributed by atoms with E-state index >= 15 is 0 Å². The quantitative estimate of drug-likeness (QED) is 0.567. The highest BCUT2D eigenvalue weighted by Gasteiger charge is 2.25. The number of aliphatic hydroxyl groups excluding tert-OH is 2. The molecule has 0 spiro atoms. The van der Waals surface area contributed by atoms with Crippen LogP contribution in [0.2, 0.25) is 0 Å². The van der Waals surface area contributed by atoms with Crippen LogP contribution >= 0.6 is 0 Å². The zero-order valence-electron chi connectivity index (χ0n) is 12.5. The molecule has 1 rings (SSSR count). The van der Waals surface area contributed by atoms with Gasteiger partial charge in [-0.1, -0.05) is 26.7 Å². The van der Waals surface area contributed by atoms with Crippen molar-refractivity contribution in [3.63, 3.8) is 0 Å². The molecule has 19 heavy (non-hydrogen) atoms. The minimum atomic E-state index is -0.453. The van der Waals surface area contributed by atoms with Gasteiger partial charge in [-0.3, -0.25) is 0 Å². The average Bonchev–Trinajstić information content (AvgIpc) is 2.95. The Balaban J connectivity index is 2.13. The summed E-state index contributed by atoms with van der Waals surface area (Å²) < 4.78 is 5.69. The Hall–Kier alpha value is -0.160. The van der Waals surface area contributed by atoms with E-state index in [-0.39, 0.29) is 12.0 Å². The molecule has 1 aliphatic rings. The third kappa shape index (κ3) is 5.78. The summed E-state index contributed by atoms with van der Waals surface area (Å²) in [6, 6.07) is 0. The number of hydrogen-bond acceptors (Lipinski definition) is 4. The third-order valence-corrected chi connectivity index (χ3v) is 4.54. The van der Waals surface area contributed by atoms with E-state index in [1.165, 1.54) is 12.8 Å². The molecule has 1 saturated carbocycles. The minimum Gasteiger partial charge on any atom is -0.396 e. The van der Waals surface area contributed by atoms with E-state index in [0.717, 1.165) is 32.2 Å². The van der Waals surface area contributed by atoms with Crippen LogP contribution < -0.4 is 5.32 Å². The molecule has 0 bridgehead atoms. The number of aliphatic hydroxyl groups is 2. The molecule has 1 atom stereocenters. The van der Waals surface area contributed by atoms with Gasteiger partial charge in [-0.05, 0) is 25.7 Å². The Morgan fingerprint density at radius 2 is 1.89 bits per heavy atom. The summed E-state index contributed by atoms with van der Waals surface area (Å²) in [5.74, 6) is 0. The van der Waals surface area contributed by atoms with Crippen molar-refractivity contribution >= 4 is 0 Å². The second kappa shape index (κ2) is 8.90. The SMILES string of the molecule is CCC(CC)(CO)CNCC(O)COC1CCCC1. The molecule has 3 N–H and O–H groups in total. The van der Waals surface area contributed by atoms with Gasteiger partial charge in [-0.2, -0.15) is 0 Å². The zero-order valence-corrected chi connectivity index (χ0v) is 12.5. The summed E-state index contributed by atoms with van der Waals surface area (Å²) >= 11 is 0. The first kappa shape index (κ1) is 16.9. The fourth-order valence-electron chi connectivity index (χ4n) is 2.64. The van der Waals surface area contributed by atoms with Crippen LogP contribution in [0.3, 0.4) is 0 Å². The average molecular weight is 273 g/mol. The lowest BCUT2D eigenvalue weighted by Crippen LogP contribution is -2.40. The largest absolute Gasteiger partial charge is 0.396 e. The predicted molar refractivity (Wildman–Crippen MR) is 77.2 cm³/mol. The van der Waals surface area contributed by atoms with Gasteiger partial charge in [0.05, 0.1) is 18.8 Å². The minimum absolute atomic E-state index is 0.0496. The third-order valence-electron chi connectivity index (χ3n) is 4.54. The number of nitrogens with one attached hydrogen (secondary N) is 1. The first-order valence-electron chi connectivity index (χ1n) is 7.77. The van der Waals surface area contributed by atoms with E-state index in [2.05, 4.69) is 19.2 Å². The van der Waals surface area contributed by atoms with Gasteiger partial charge in [0.25, 0.3) is 0 Å². The first-order valence-corrected chi connectivity index (χ1v) is 7.77. The van der Waals surface area contributed by atoms with Crippen molar-refractivity contribution < 1.29 is 14.9 Å². The van der Waals surface area contributed by atoms with Crippen LogP contribution in [0.25, 0.3) is 0 Å². The molecule has 4 heteroatoms. The Bertz CT molecular complexity index is 217. The molecule has 1 aliphatic carbocycles. The fraction of sp³-hybridized carbons (Fsp3) is 1.00. The van der Waals surface area contributed by atoms with Crippen molar-refractivity contribution in [2.45, 2.75) is 64.6 Å². The summed E-state index contributed by atoms with van der Waals surface area (Å²) in [6.07, 6.45) is 6.58. The highest BCUT2D eigenvalue weighted by Crippen LogP contribution is 2.24. The number of rotatable bonds is 10. The van der Waals surface area contributed by atoms with E-state index in [1.807, 2.05) is 0 Å². The second-order valence-electron chi connectivity index (χ2n) is 5.89. The lowest BCUT2D eigenvalue weighted by molar-refractivity contribution is -0.00696. The first-order chi connectivity index (χ1) is 9.15. The van der Waals surface area contributed by atoms with E-state index < -0.39 is 6.10 Å². The standard InChI is InChI=1S/C15H31NO3/c1-3-15(4-2,12-17)11-16-9-13(18)10-19-14-7-5-6-8-14/h13-14,16-18H,3-12H2,1-2H3. The molecule has 0 heterocycles. The molecule has 0 aliphatic heterocycles. The van der Waals surface area contributed by atoms with Crippen LogP contribution in [0.4, 0.5) is 0 Å². The van der Waals surface area contributed by atoms with Crippen LogP contribution in [0.15, 0.2) is 0 Å². The highest BCUT2D eigenvalue weighted by molar-refractivity contribution is 4.79. The van der Waals surface area contributed by atoms with E-state index in [9.17, 15) is 10.2 Å². The maximum absolute atomic E-state index is 9.87. The molecule has 4 nitrogen and oxygen atoms in total. The van der Waals surface area contributed by atoms with Crippen molar-refractivity contribution in [3.8, 4) is 0 Å². The maximum atomic E-state index is 9.87. The Morgan fingerprint density at radius 3 is 2.42 bits per heavy atom. The maximum Gasteiger partial charge on any atom is 0.0897 e. The van der Waals surface area contributed by atoms with Crippen molar-refractivity contribution in [1.29, 1.82) is 0 Å². The lowest BCUT2D eigenvalue weighted by Gasteiger charge is -2.30. The Morgan fingerprint density at radius 1 is 1.26 bits per heavy atom. The summed E-state index contributed by atoms with van der Waals surface area (Å²) in [5, 5.41) is 22.6. The van der Waals surface area contributed by atoms with Gasteiger partial charge < -0.3 is 20.3 Å². The fourth-order valence-corrected chi connectivity index (χ4v) is 2.64. The zero-order chi connectivity index (χ0) is 14.1. The van der Waals surface area contributed by atoms with Gasteiger partial charge in [0.1, 0.15) is 0 Å². The van der Waals surface area contributed by atoms with Gasteiger partial charge in [0.15, 0.2) is 0 Å². The van der Waals surface area contributed by atoms with Gasteiger partial charge in [0.2, 0.25) is 0 Å². The number of ether oxygens (including phenoxy) is 1. The summed E-state index contributed by atoms with van der Waals surface area (Å²) in [7, 11) is 0. The van der Waals surface area contributed by atoms with Gasteiger partial charge >= 0.3 is 0 Å². The summed E-state index contributed by atoms with van der Waals surface area (Å²) in [5.41, 5.74) is -0.0496. The molecule has 1 unspecified atom stereocenters. The normalized spacial score (nSPS) is 18.9. The molecule has 0 aromatic carbocycles. The molecular weight excluding hydrogens is 242 g/mol. The van der Waals surface area contributed by atoms with Crippen molar-refractivity contribution in [2.75, 3.05) is 26.3 Å². The van der Waals surface area contributed by atoms with Crippen LogP contribution in [0.1, 0.15) is 52.4 Å². The summed E-state index contributed by atoms with van der Waals surface area (Å²) in [4.78, 5) is 0. The van der Waals surface area contributed by atoms with Gasteiger partial charge in [-0.15, -0.1) is 0 Å². The van der Waals surface area contributed by atoms with Crippen LogP contribution in [0.5, 0.6) is 0 Å². The monoisotopic (exact) mass is 273 g/mol. The molecule has 0 radical (unpaired) electrons. The van der Waals surface area contributed by atoms with Crippen molar-refractivity contribution in [3.05, 3.63) is 0 Å². The van der Waals surface area contributed by atoms with Gasteiger partial charge in [-0.25, -0.2) is 0 Å². The number of hydrogen-bond donors (Lipinski definition) is 3. The molecular formula is C15H31NO3. The van der Waals surface area contributed by atoms with E-state index in [1.54, 1.807) is 0 Å². The second-order valence-corrected chi connectivity index (χ2v) is 5.89. The van der Waals surface area contributed by atoms with Crippen molar-refractivity contribution in [1.82, 2.24) is 5.32 Å². The lowest BCUT2D eigenvalue weighted by atomic mass is 9.83. The highest BCUT2D eigenvalue weighted by atomic mass is 16.5. The summed E-state index contributed by atoms with van der Waals surface area (Å²) in [6.45, 7) is 6.09. The molecule has 1 fully saturated rings.